The van der Waals surface area contributed by atoms with Crippen molar-refractivity contribution in [3.8, 4) is 11.8 Å². The Kier molecular flexibility index (Phi) is 8.79. The van der Waals surface area contributed by atoms with Crippen LogP contribution in [0.4, 0.5) is 0 Å². The number of hydrogen-bond acceptors (Lipinski definition) is 4. The first kappa shape index (κ1) is 24.8. The van der Waals surface area contributed by atoms with Gasteiger partial charge in [-0.1, -0.05) is 30.3 Å². The third-order valence-corrected chi connectivity index (χ3v) is 7.23. The second-order valence-electron chi connectivity index (χ2n) is 7.10. The van der Waals surface area contributed by atoms with Crippen molar-refractivity contribution in [1.82, 2.24) is 4.90 Å². The highest BCUT2D eigenvalue weighted by molar-refractivity contribution is 14.1. The topological polar surface area (TPSA) is 90.6 Å². The van der Waals surface area contributed by atoms with Gasteiger partial charge in [0.1, 0.15) is 23.4 Å². The first-order chi connectivity index (χ1) is 15.4. The van der Waals surface area contributed by atoms with Crippen molar-refractivity contribution in [3.63, 3.8) is 0 Å². The van der Waals surface area contributed by atoms with Crippen molar-refractivity contribution in [2.45, 2.75) is 25.4 Å². The smallest absolute Gasteiger partial charge is 0.326 e. The molecule has 6 nitrogen and oxygen atoms in total. The lowest BCUT2D eigenvalue weighted by atomic mass is 9.93. The molecule has 0 saturated heterocycles. The Labute approximate surface area is 218 Å². The first-order valence-electron chi connectivity index (χ1n) is 9.76. The van der Waals surface area contributed by atoms with Gasteiger partial charge in [-0.05, 0) is 80.4 Å². The minimum absolute atomic E-state index is 0.0833. The van der Waals surface area contributed by atoms with E-state index >= 15 is 0 Å². The van der Waals surface area contributed by atoms with E-state index in [0.29, 0.717) is 30.2 Å². The molecular formula is C23H19ClI2N2O4. The summed E-state index contributed by atoms with van der Waals surface area (Å²) < 4.78 is 7.63. The van der Waals surface area contributed by atoms with Crippen molar-refractivity contribution in [3.05, 3.63) is 65.8 Å². The van der Waals surface area contributed by atoms with Gasteiger partial charge in [-0.15, -0.1) is 11.6 Å². The highest BCUT2D eigenvalue weighted by atomic mass is 127. The standard InChI is InChI=1S/C23H19ClI2N2O4/c24-7-4-8-32-21-18(25)10-15-11-19(23(30)31)28(13-17(15)20(21)26)22(29)16(12-27)9-14-5-2-1-3-6-14/h1-3,5-6,9-10,19H,4,7-8,11,13H2,(H,30,31)/b16-9+/t19-/m0/s1. The SMILES string of the molecule is N#C/C(=C\c1ccccc1)C(=O)N1Cc2c(cc(I)c(OCCCCl)c2I)C[C@H]1C(=O)O. The molecule has 0 unspecified atom stereocenters. The Hall–Kier alpha value is -1.84. The number of carbonyl (C=O) groups excluding carboxylic acids is 1. The summed E-state index contributed by atoms with van der Waals surface area (Å²) in [7, 11) is 0. The van der Waals surface area contributed by atoms with Crippen LogP contribution < -0.4 is 4.74 Å². The lowest BCUT2D eigenvalue weighted by Crippen LogP contribution is -2.49. The molecule has 0 bridgehead atoms. The lowest BCUT2D eigenvalue weighted by molar-refractivity contribution is -0.149. The summed E-state index contributed by atoms with van der Waals surface area (Å²) in [5.74, 6) is -0.510. The van der Waals surface area contributed by atoms with E-state index in [1.807, 2.05) is 18.2 Å². The van der Waals surface area contributed by atoms with Gasteiger partial charge >= 0.3 is 5.97 Å². The third-order valence-electron chi connectivity index (χ3n) is 5.02. The minimum atomic E-state index is -1.10. The van der Waals surface area contributed by atoms with Crippen LogP contribution in [0.15, 0.2) is 42.0 Å². The molecule has 0 aromatic heterocycles. The van der Waals surface area contributed by atoms with Gasteiger partial charge in [-0.3, -0.25) is 4.79 Å². The molecule has 1 N–H and O–H groups in total. The van der Waals surface area contributed by atoms with Crippen LogP contribution in [0.25, 0.3) is 6.08 Å². The van der Waals surface area contributed by atoms with Gasteiger partial charge in [0, 0.05) is 18.8 Å². The molecule has 166 valence electrons. The number of rotatable bonds is 7. The van der Waals surface area contributed by atoms with E-state index in [0.717, 1.165) is 18.3 Å². The number of aliphatic carboxylic acids is 1. The summed E-state index contributed by atoms with van der Waals surface area (Å²) >= 11 is 10.1. The van der Waals surface area contributed by atoms with E-state index in [4.69, 9.17) is 16.3 Å². The number of ether oxygens (including phenoxy) is 1. The molecule has 2 aromatic carbocycles. The van der Waals surface area contributed by atoms with Crippen LogP contribution in [0.1, 0.15) is 23.1 Å². The molecule has 0 aliphatic carbocycles. The fourth-order valence-corrected chi connectivity index (χ4v) is 5.84. The summed E-state index contributed by atoms with van der Waals surface area (Å²) in [4.78, 5) is 26.5. The van der Waals surface area contributed by atoms with E-state index in [1.54, 1.807) is 24.3 Å². The first-order valence-corrected chi connectivity index (χ1v) is 12.5. The van der Waals surface area contributed by atoms with Crippen molar-refractivity contribution < 1.29 is 19.4 Å². The zero-order valence-electron chi connectivity index (χ0n) is 16.9. The predicted molar refractivity (Wildman–Crippen MR) is 138 cm³/mol. The summed E-state index contributed by atoms with van der Waals surface area (Å²) in [6.45, 7) is 0.549. The molecule has 0 saturated carbocycles. The number of carboxylic acids is 1. The molecule has 0 spiro atoms. The molecule has 0 fully saturated rings. The number of fused-ring (bicyclic) bond motifs is 1. The van der Waals surface area contributed by atoms with Gasteiger partial charge in [0.05, 0.1) is 13.7 Å². The molecule has 32 heavy (non-hydrogen) atoms. The Bertz CT molecular complexity index is 1100. The van der Waals surface area contributed by atoms with E-state index in [-0.39, 0.29) is 18.5 Å². The van der Waals surface area contributed by atoms with Crippen molar-refractivity contribution in [2.75, 3.05) is 12.5 Å². The molecule has 9 heteroatoms. The molecule has 1 atom stereocenters. The van der Waals surface area contributed by atoms with Gasteiger partial charge in [-0.2, -0.15) is 5.26 Å². The van der Waals surface area contributed by atoms with Gasteiger partial charge in [0.15, 0.2) is 0 Å². The second-order valence-corrected chi connectivity index (χ2v) is 9.72. The Morgan fingerprint density at radius 3 is 2.66 bits per heavy atom. The number of benzene rings is 2. The summed E-state index contributed by atoms with van der Waals surface area (Å²) in [6.07, 6.45) is 2.34. The maximum Gasteiger partial charge on any atom is 0.326 e. The average Bonchev–Trinajstić information content (AvgIpc) is 2.79. The molecule has 2 aromatic rings. The monoisotopic (exact) mass is 676 g/mol. The van der Waals surface area contributed by atoms with E-state index in [1.165, 1.54) is 11.0 Å². The largest absolute Gasteiger partial charge is 0.491 e. The van der Waals surface area contributed by atoms with Crippen LogP contribution in [0.3, 0.4) is 0 Å². The molecule has 1 heterocycles. The number of halogens is 3. The van der Waals surface area contributed by atoms with Crippen LogP contribution in [-0.4, -0.2) is 40.4 Å². The minimum Gasteiger partial charge on any atom is -0.491 e. The molecule has 1 aliphatic heterocycles. The number of nitrogens with zero attached hydrogens (tertiary/aromatic N) is 2. The van der Waals surface area contributed by atoms with Crippen LogP contribution in [-0.2, 0) is 22.6 Å². The molecule has 1 amide bonds. The summed E-state index contributed by atoms with van der Waals surface area (Å²) in [5, 5.41) is 19.4. The number of carbonyl (C=O) groups is 2. The van der Waals surface area contributed by atoms with E-state index < -0.39 is 17.9 Å². The Morgan fingerprint density at radius 1 is 1.31 bits per heavy atom. The molecule has 1 aliphatic rings. The van der Waals surface area contributed by atoms with Crippen LogP contribution >= 0.6 is 56.8 Å². The predicted octanol–water partition coefficient (Wildman–Crippen LogP) is 4.85. The molecule has 3 rings (SSSR count). The van der Waals surface area contributed by atoms with Crippen LogP contribution in [0.5, 0.6) is 5.75 Å². The third kappa shape index (κ3) is 5.55. The second kappa shape index (κ2) is 11.3. The fourth-order valence-electron chi connectivity index (χ4n) is 3.45. The van der Waals surface area contributed by atoms with Gasteiger partial charge < -0.3 is 14.7 Å². The van der Waals surface area contributed by atoms with Crippen molar-refractivity contribution in [1.29, 1.82) is 5.26 Å². The number of carboxylic acid groups (broad SMARTS) is 1. The lowest BCUT2D eigenvalue weighted by Gasteiger charge is -2.35. The maximum absolute atomic E-state index is 13.3. The Balaban J connectivity index is 1.98. The van der Waals surface area contributed by atoms with Crippen LogP contribution in [0, 0.1) is 18.5 Å². The summed E-state index contributed by atoms with van der Waals surface area (Å²) in [5.41, 5.74) is 2.30. The van der Waals surface area contributed by atoms with Crippen molar-refractivity contribution in [2.24, 2.45) is 0 Å². The number of amides is 1. The van der Waals surface area contributed by atoms with Gasteiger partial charge in [-0.25, -0.2) is 4.79 Å². The highest BCUT2D eigenvalue weighted by Crippen LogP contribution is 2.37. The summed E-state index contributed by atoms with van der Waals surface area (Å²) in [6, 6.07) is 11.8. The fraction of sp³-hybridized carbons (Fsp3) is 0.261. The number of hydrogen-bond donors (Lipinski definition) is 1. The van der Waals surface area contributed by atoms with Crippen LogP contribution in [0.2, 0.25) is 0 Å². The number of alkyl halides is 1. The normalized spacial score (nSPS) is 15.6. The van der Waals surface area contributed by atoms with Gasteiger partial charge in [0.2, 0.25) is 0 Å². The molecule has 0 radical (unpaired) electrons. The van der Waals surface area contributed by atoms with Crippen molar-refractivity contribution >= 4 is 74.7 Å². The van der Waals surface area contributed by atoms with Gasteiger partial charge in [0.25, 0.3) is 5.91 Å². The zero-order chi connectivity index (χ0) is 23.3. The van der Waals surface area contributed by atoms with E-state index in [9.17, 15) is 20.0 Å². The number of nitriles is 1. The quantitative estimate of drug-likeness (QED) is 0.149. The average molecular weight is 677 g/mol. The van der Waals surface area contributed by atoms with E-state index in [2.05, 4.69) is 45.2 Å². The molecular weight excluding hydrogens is 658 g/mol. The maximum atomic E-state index is 13.3. The Morgan fingerprint density at radius 2 is 2.03 bits per heavy atom. The zero-order valence-corrected chi connectivity index (χ0v) is 21.9. The highest BCUT2D eigenvalue weighted by Gasteiger charge is 2.37.